The van der Waals surface area contributed by atoms with E-state index >= 15 is 0 Å². The smallest absolute Gasteiger partial charge is 0.119 e. The van der Waals surface area contributed by atoms with Crippen LogP contribution in [0, 0.1) is 0 Å². The number of hydrogen-bond acceptors (Lipinski definition) is 1. The van der Waals surface area contributed by atoms with E-state index < -0.39 is 6.10 Å². The molecule has 2 nitrogen and oxygen atoms in total. The van der Waals surface area contributed by atoms with Gasteiger partial charge in [-0.2, -0.15) is 0 Å². The van der Waals surface area contributed by atoms with Gasteiger partial charge in [0.25, 0.3) is 0 Å². The van der Waals surface area contributed by atoms with Crippen molar-refractivity contribution in [3.63, 3.8) is 0 Å². The molecule has 2 unspecified atom stereocenters. The number of hydrogen-bond donors (Lipinski definition) is 0. The molecule has 8 heavy (non-hydrogen) atoms. The van der Waals surface area contributed by atoms with E-state index in [1.54, 1.807) is 0 Å². The van der Waals surface area contributed by atoms with Gasteiger partial charge in [0.15, 0.2) is 0 Å². The van der Waals surface area contributed by atoms with Crippen LogP contribution in [0.5, 0.6) is 0 Å². The lowest BCUT2D eigenvalue weighted by molar-refractivity contribution is -0.136. The lowest BCUT2D eigenvalue weighted by Gasteiger charge is -2.28. The molecule has 0 N–H and O–H groups in total. The van der Waals surface area contributed by atoms with Gasteiger partial charge >= 0.3 is 0 Å². The lowest BCUT2D eigenvalue weighted by Crippen LogP contribution is -2.36. The fourth-order valence-corrected chi connectivity index (χ4v) is 0.810. The maximum absolute atomic E-state index is 10.8. The van der Waals surface area contributed by atoms with Crippen molar-refractivity contribution in [3.8, 4) is 0 Å². The summed E-state index contributed by atoms with van der Waals surface area (Å²) < 4.78 is 4.97. The second-order valence-electron chi connectivity index (χ2n) is 2.14. The molecule has 1 radical (unpaired) electrons. The summed E-state index contributed by atoms with van der Waals surface area (Å²) in [6.45, 7) is 2.70. The van der Waals surface area contributed by atoms with Crippen molar-refractivity contribution in [1.82, 2.24) is 0 Å². The minimum absolute atomic E-state index is 0.0417. The average Bonchev–Trinajstić information content (AvgIpc) is 1.62. The van der Waals surface area contributed by atoms with E-state index in [1.165, 1.54) is 0 Å². The first kappa shape index (κ1) is 6.05. The van der Waals surface area contributed by atoms with Crippen molar-refractivity contribution >= 4 is 0 Å². The SMILES string of the molecule is CCC([O])C1CCO1. The van der Waals surface area contributed by atoms with E-state index in [0.717, 1.165) is 13.0 Å². The van der Waals surface area contributed by atoms with Crippen molar-refractivity contribution in [1.29, 1.82) is 0 Å². The van der Waals surface area contributed by atoms with Crippen molar-refractivity contribution in [2.24, 2.45) is 0 Å². The van der Waals surface area contributed by atoms with Crippen LogP contribution in [0.1, 0.15) is 19.8 Å². The standard InChI is InChI=1S/C6H11O2/c1-2-5(7)6-3-4-8-6/h5-6H,2-4H2,1H3. The van der Waals surface area contributed by atoms with Gasteiger partial charge in [0, 0.05) is 6.61 Å². The van der Waals surface area contributed by atoms with E-state index in [2.05, 4.69) is 0 Å². The molecule has 2 heteroatoms. The van der Waals surface area contributed by atoms with Crippen molar-refractivity contribution < 1.29 is 9.84 Å². The highest BCUT2D eigenvalue weighted by Gasteiger charge is 2.25. The van der Waals surface area contributed by atoms with E-state index in [1.807, 2.05) is 6.92 Å². The van der Waals surface area contributed by atoms with Crippen molar-refractivity contribution in [3.05, 3.63) is 0 Å². The second kappa shape index (κ2) is 2.46. The van der Waals surface area contributed by atoms with Gasteiger partial charge in [-0.15, -0.1) is 0 Å². The zero-order valence-corrected chi connectivity index (χ0v) is 5.09. The monoisotopic (exact) mass is 115 g/mol. The van der Waals surface area contributed by atoms with Gasteiger partial charge in [-0.1, -0.05) is 6.92 Å². The molecule has 0 bridgehead atoms. The highest BCUT2D eigenvalue weighted by atomic mass is 16.5. The van der Waals surface area contributed by atoms with E-state index in [0.29, 0.717) is 6.42 Å². The Morgan fingerprint density at radius 3 is 2.62 bits per heavy atom. The molecule has 1 rings (SSSR count). The van der Waals surface area contributed by atoms with Crippen LogP contribution in [0.3, 0.4) is 0 Å². The Balaban J connectivity index is 2.13. The molecule has 0 amide bonds. The van der Waals surface area contributed by atoms with E-state index in [9.17, 15) is 5.11 Å². The fraction of sp³-hybridized carbons (Fsp3) is 1.00. The first-order valence-electron chi connectivity index (χ1n) is 3.12. The third kappa shape index (κ3) is 1.01. The molecule has 0 spiro atoms. The Morgan fingerprint density at radius 2 is 2.50 bits per heavy atom. The Kier molecular flexibility index (Phi) is 1.86. The fourth-order valence-electron chi connectivity index (χ4n) is 0.810. The number of rotatable bonds is 2. The van der Waals surface area contributed by atoms with Gasteiger partial charge in [0.2, 0.25) is 0 Å². The van der Waals surface area contributed by atoms with Gasteiger partial charge in [0.05, 0.1) is 6.10 Å². The molecular weight excluding hydrogens is 104 g/mol. The molecular formula is C6H11O2. The Hall–Kier alpha value is -0.0800. The Labute approximate surface area is 49.5 Å². The summed E-state index contributed by atoms with van der Waals surface area (Å²) in [5.74, 6) is 0. The molecule has 0 aromatic carbocycles. The molecule has 1 saturated heterocycles. The average molecular weight is 115 g/mol. The van der Waals surface area contributed by atoms with Crippen LogP contribution in [0.15, 0.2) is 0 Å². The molecule has 1 heterocycles. The van der Waals surface area contributed by atoms with Gasteiger partial charge in [-0.05, 0) is 12.8 Å². The highest BCUT2D eigenvalue weighted by molar-refractivity contribution is 4.73. The molecule has 47 valence electrons. The van der Waals surface area contributed by atoms with Crippen LogP contribution in [0.4, 0.5) is 0 Å². The van der Waals surface area contributed by atoms with E-state index in [4.69, 9.17) is 4.74 Å². The minimum Gasteiger partial charge on any atom is -0.375 e. The van der Waals surface area contributed by atoms with Crippen LogP contribution in [-0.4, -0.2) is 18.8 Å². The van der Waals surface area contributed by atoms with Crippen LogP contribution in [0.2, 0.25) is 0 Å². The van der Waals surface area contributed by atoms with Crippen LogP contribution >= 0.6 is 0 Å². The zero-order chi connectivity index (χ0) is 5.98. The Morgan fingerprint density at radius 1 is 1.88 bits per heavy atom. The summed E-state index contributed by atoms with van der Waals surface area (Å²) >= 11 is 0. The first-order valence-corrected chi connectivity index (χ1v) is 3.12. The number of ether oxygens (including phenoxy) is 1. The zero-order valence-electron chi connectivity index (χ0n) is 5.09. The molecule has 1 aliphatic heterocycles. The van der Waals surface area contributed by atoms with Crippen molar-refractivity contribution in [2.45, 2.75) is 32.0 Å². The summed E-state index contributed by atoms with van der Waals surface area (Å²) in [5.41, 5.74) is 0. The van der Waals surface area contributed by atoms with Gasteiger partial charge in [-0.25, -0.2) is 5.11 Å². The van der Waals surface area contributed by atoms with E-state index in [-0.39, 0.29) is 6.10 Å². The first-order chi connectivity index (χ1) is 3.84. The quantitative estimate of drug-likeness (QED) is 0.527. The maximum Gasteiger partial charge on any atom is 0.119 e. The lowest BCUT2D eigenvalue weighted by atomic mass is 10.1. The Bertz CT molecular complexity index is 66.2. The van der Waals surface area contributed by atoms with Gasteiger partial charge in [0.1, 0.15) is 6.10 Å². The molecule has 0 saturated carbocycles. The molecule has 1 aliphatic rings. The summed E-state index contributed by atoms with van der Waals surface area (Å²) in [5, 5.41) is 10.8. The summed E-state index contributed by atoms with van der Waals surface area (Å²) in [6.07, 6.45) is 1.25. The summed E-state index contributed by atoms with van der Waals surface area (Å²) in [6, 6.07) is 0. The van der Waals surface area contributed by atoms with Gasteiger partial charge < -0.3 is 4.74 Å². The molecule has 1 fully saturated rings. The normalized spacial score (nSPS) is 31.5. The second-order valence-corrected chi connectivity index (χ2v) is 2.14. The topological polar surface area (TPSA) is 29.1 Å². The van der Waals surface area contributed by atoms with Crippen LogP contribution in [0.25, 0.3) is 0 Å². The molecule has 2 atom stereocenters. The minimum atomic E-state index is -0.469. The van der Waals surface area contributed by atoms with Crippen LogP contribution in [-0.2, 0) is 9.84 Å². The third-order valence-corrected chi connectivity index (χ3v) is 1.55. The summed E-state index contributed by atoms with van der Waals surface area (Å²) in [7, 11) is 0. The van der Waals surface area contributed by atoms with Crippen LogP contribution < -0.4 is 0 Å². The third-order valence-electron chi connectivity index (χ3n) is 1.55. The highest BCUT2D eigenvalue weighted by Crippen LogP contribution is 2.16. The molecule has 0 aromatic rings. The molecule has 0 aromatic heterocycles. The summed E-state index contributed by atoms with van der Waals surface area (Å²) in [4.78, 5) is 0. The largest absolute Gasteiger partial charge is 0.375 e. The van der Waals surface area contributed by atoms with Gasteiger partial charge in [-0.3, -0.25) is 0 Å². The predicted molar refractivity (Wildman–Crippen MR) is 29.1 cm³/mol. The molecule has 0 aliphatic carbocycles. The predicted octanol–water partition coefficient (Wildman–Crippen LogP) is 0.984. The maximum atomic E-state index is 10.8. The van der Waals surface area contributed by atoms with Crippen molar-refractivity contribution in [2.75, 3.05) is 6.61 Å².